The van der Waals surface area contributed by atoms with Gasteiger partial charge in [0.25, 0.3) is 0 Å². The van der Waals surface area contributed by atoms with Crippen molar-refractivity contribution in [3.05, 3.63) is 18.6 Å². The molecule has 0 N–H and O–H groups in total. The summed E-state index contributed by atoms with van der Waals surface area (Å²) < 4.78 is 0. The van der Waals surface area contributed by atoms with Gasteiger partial charge in [-0.05, 0) is 13.8 Å². The maximum absolute atomic E-state index is 5.01. The quantitative estimate of drug-likeness (QED) is 0.409. The molecule has 0 aromatic heterocycles. The Morgan fingerprint density at radius 3 is 1.80 bits per heavy atom. The normalized spacial score (nSPS) is 6.80. The lowest BCUT2D eigenvalue weighted by atomic mass is 10.2. The molecule has 0 unspecified atom stereocenters. The van der Waals surface area contributed by atoms with Gasteiger partial charge in [0.05, 0.1) is 0 Å². The lowest BCUT2D eigenvalue weighted by Crippen LogP contribution is -1.67. The van der Waals surface area contributed by atoms with Crippen molar-refractivity contribution in [1.82, 2.24) is 0 Å². The summed E-state index contributed by atoms with van der Waals surface area (Å²) >= 11 is 0. The Labute approximate surface area is 33.5 Å². The molecule has 0 nitrogen and oxygen atoms in total. The fraction of sp³-hybridized carbons (Fsp3) is 0.400. The third-order valence-corrected chi connectivity index (χ3v) is 0.333. The summed E-state index contributed by atoms with van der Waals surface area (Å²) in [6.45, 7) is 8.93. The Kier molecular flexibility index (Phi) is 1.74. The van der Waals surface area contributed by atoms with Gasteiger partial charge >= 0.3 is 0 Å². The molecule has 5 heavy (non-hydrogen) atoms. The predicted octanol–water partition coefficient (Wildman–Crippen LogP) is 1.59. The van der Waals surface area contributed by atoms with Gasteiger partial charge in [-0.3, -0.25) is 0 Å². The first kappa shape index (κ1) is 4.61. The highest BCUT2D eigenvalue weighted by atomic mass is 13.8. The van der Waals surface area contributed by atoms with E-state index in [1.807, 2.05) is 13.8 Å². The Balaban J connectivity index is 2.83. The second-order valence-corrected chi connectivity index (χ2v) is 1.24. The summed E-state index contributed by atoms with van der Waals surface area (Å²) in [6.07, 6.45) is 1.58. The van der Waals surface area contributed by atoms with E-state index >= 15 is 0 Å². The standard InChI is InChI=1S/C5H8/c1-4-5(2)3/h1,4H,2-3H3. The minimum atomic E-state index is 1.16. The first-order chi connectivity index (χ1) is 2.27. The molecule has 0 fully saturated rings. The highest BCUT2D eigenvalue weighted by Gasteiger charge is 1.72. The van der Waals surface area contributed by atoms with Gasteiger partial charge in [-0.25, -0.2) is 0 Å². The molecule has 0 saturated heterocycles. The predicted molar refractivity (Wildman–Crippen MR) is 23.5 cm³/mol. The maximum atomic E-state index is 5.01. The third kappa shape index (κ3) is 3.61. The first-order valence-corrected chi connectivity index (χ1v) is 1.62. The van der Waals surface area contributed by atoms with Gasteiger partial charge in [0, 0.05) is 0 Å². The summed E-state index contributed by atoms with van der Waals surface area (Å²) in [5.41, 5.74) is 0. The van der Waals surface area contributed by atoms with Gasteiger partial charge in [-0.2, -0.15) is 0 Å². The van der Waals surface area contributed by atoms with Crippen molar-refractivity contribution < 1.29 is 0 Å². The molecule has 0 rings (SSSR count). The topological polar surface area (TPSA) is 0 Å². The summed E-state index contributed by atoms with van der Waals surface area (Å²) in [4.78, 5) is 0. The van der Waals surface area contributed by atoms with Crippen LogP contribution in [0.5, 0.6) is 0 Å². The van der Waals surface area contributed by atoms with Crippen molar-refractivity contribution in [2.75, 3.05) is 0 Å². The van der Waals surface area contributed by atoms with Crippen LogP contribution in [0.15, 0.2) is 6.08 Å². The van der Waals surface area contributed by atoms with E-state index in [4.69, 9.17) is 6.58 Å². The van der Waals surface area contributed by atoms with Crippen LogP contribution in [0.3, 0.4) is 0 Å². The number of hydrogen-bond acceptors (Lipinski definition) is 0. The number of hydrogen-bond donors (Lipinski definition) is 0. The van der Waals surface area contributed by atoms with Crippen molar-refractivity contribution >= 4 is 0 Å². The van der Waals surface area contributed by atoms with Gasteiger partial charge in [0.2, 0.25) is 0 Å². The molecule has 0 atom stereocenters. The Morgan fingerprint density at radius 2 is 1.80 bits per heavy atom. The van der Waals surface area contributed by atoms with Crippen molar-refractivity contribution in [1.29, 1.82) is 0 Å². The smallest absolute Gasteiger partial charge is 0.0439 e. The van der Waals surface area contributed by atoms with Crippen LogP contribution in [0.4, 0.5) is 0 Å². The fourth-order valence-corrected chi connectivity index (χ4v) is 0. The average Bonchev–Trinajstić information content (AvgIpc) is 1.38. The average molecular weight is 68.1 g/mol. The van der Waals surface area contributed by atoms with Crippen molar-refractivity contribution in [3.8, 4) is 0 Å². The van der Waals surface area contributed by atoms with Gasteiger partial charge in [0.1, 0.15) is 0 Å². The zero-order chi connectivity index (χ0) is 4.28. The van der Waals surface area contributed by atoms with Crippen LogP contribution in [-0.4, -0.2) is 0 Å². The second-order valence-electron chi connectivity index (χ2n) is 1.24. The molecular formula is C5H8. The molecule has 0 radical (unpaired) electrons. The molecule has 0 aliphatic rings. The molecule has 0 aromatic rings. The van der Waals surface area contributed by atoms with Crippen LogP contribution in [-0.2, 0) is 0 Å². The highest BCUT2D eigenvalue weighted by molar-refractivity contribution is 4.94. The molecule has 0 heterocycles. The highest BCUT2D eigenvalue weighted by Crippen LogP contribution is 1.90. The van der Waals surface area contributed by atoms with E-state index < -0.39 is 0 Å². The minimum absolute atomic E-state index is 1.16. The monoisotopic (exact) mass is 68.1 g/mol. The molecule has 0 aromatic carbocycles. The summed E-state index contributed by atoms with van der Waals surface area (Å²) in [5, 5.41) is 0. The first-order valence-electron chi connectivity index (χ1n) is 1.62. The number of allylic oxidation sites excluding steroid dienone is 1. The largest absolute Gasteiger partial charge is 0.0764 e. The van der Waals surface area contributed by atoms with Crippen LogP contribution >= 0.6 is 0 Å². The van der Waals surface area contributed by atoms with E-state index in [-0.39, 0.29) is 0 Å². The minimum Gasteiger partial charge on any atom is -0.0764 e. The van der Waals surface area contributed by atoms with Crippen LogP contribution in [0.2, 0.25) is 0 Å². The van der Waals surface area contributed by atoms with E-state index in [0.717, 1.165) is 5.92 Å². The van der Waals surface area contributed by atoms with Gasteiger partial charge in [-0.15, -0.1) is 0 Å². The van der Waals surface area contributed by atoms with Crippen molar-refractivity contribution in [2.45, 2.75) is 13.8 Å². The zero-order valence-electron chi connectivity index (χ0n) is 3.65. The Bertz CT molecular complexity index is 27.0. The van der Waals surface area contributed by atoms with E-state index in [1.165, 1.54) is 0 Å². The van der Waals surface area contributed by atoms with E-state index in [9.17, 15) is 0 Å². The van der Waals surface area contributed by atoms with Gasteiger partial charge in [-0.1, -0.05) is 18.6 Å². The summed E-state index contributed by atoms with van der Waals surface area (Å²) in [7, 11) is 0. The molecule has 0 saturated carbocycles. The lowest BCUT2D eigenvalue weighted by molar-refractivity contribution is 1.21. The molecule has 28 valence electrons. The summed E-state index contributed by atoms with van der Waals surface area (Å²) in [5.74, 6) is 1.16. The Hall–Kier alpha value is -0.390. The number of rotatable bonds is 1. The van der Waals surface area contributed by atoms with Crippen LogP contribution in [0, 0.1) is 12.5 Å². The molecule has 0 bridgehead atoms. The van der Waals surface area contributed by atoms with Crippen molar-refractivity contribution in [3.63, 3.8) is 0 Å². The van der Waals surface area contributed by atoms with Gasteiger partial charge < -0.3 is 0 Å². The van der Waals surface area contributed by atoms with Crippen LogP contribution < -0.4 is 0 Å². The van der Waals surface area contributed by atoms with Crippen molar-refractivity contribution in [2.24, 2.45) is 0 Å². The third-order valence-electron chi connectivity index (χ3n) is 0.333. The van der Waals surface area contributed by atoms with Gasteiger partial charge in [0.15, 0.2) is 0 Å². The summed E-state index contributed by atoms with van der Waals surface area (Å²) in [6, 6.07) is 0. The second kappa shape index (κ2) is 1.89. The SMILES string of the molecule is [CH-]=C[C+](C)C. The van der Waals surface area contributed by atoms with E-state index in [0.29, 0.717) is 0 Å². The molecular weight excluding hydrogens is 60.1 g/mol. The van der Waals surface area contributed by atoms with Crippen LogP contribution in [0.1, 0.15) is 13.8 Å². The van der Waals surface area contributed by atoms with Crippen LogP contribution in [0.25, 0.3) is 0 Å². The molecule has 0 amide bonds. The van der Waals surface area contributed by atoms with E-state index in [1.54, 1.807) is 6.08 Å². The Morgan fingerprint density at radius 1 is 1.60 bits per heavy atom. The maximum Gasteiger partial charge on any atom is -0.0439 e. The lowest BCUT2D eigenvalue weighted by Gasteiger charge is -1.85. The fourth-order valence-electron chi connectivity index (χ4n) is 0. The zero-order valence-corrected chi connectivity index (χ0v) is 3.65. The molecule has 0 spiro atoms. The molecule has 0 aliphatic heterocycles. The molecule has 0 heteroatoms. The van der Waals surface area contributed by atoms with E-state index in [2.05, 4.69) is 0 Å². The molecule has 0 aliphatic carbocycles.